The van der Waals surface area contributed by atoms with Crippen molar-refractivity contribution in [3.63, 3.8) is 0 Å². The summed E-state index contributed by atoms with van der Waals surface area (Å²) >= 11 is 0. The van der Waals surface area contributed by atoms with E-state index in [1.165, 1.54) is 52.6 Å². The quantitative estimate of drug-likeness (QED) is 0.106. The molecule has 0 radical (unpaired) electrons. The second-order valence-corrected chi connectivity index (χ2v) is 14.0. The van der Waals surface area contributed by atoms with Crippen LogP contribution in [0.25, 0.3) is 0 Å². The van der Waals surface area contributed by atoms with Crippen LogP contribution in [0.2, 0.25) is 0 Å². The molecule has 20 heteroatoms. The maximum absolute atomic E-state index is 12.1. The first-order chi connectivity index (χ1) is 23.4. The molecule has 0 saturated carbocycles. The van der Waals surface area contributed by atoms with E-state index in [-0.39, 0.29) is 18.7 Å². The van der Waals surface area contributed by atoms with Gasteiger partial charge in [0.1, 0.15) is 0 Å². The van der Waals surface area contributed by atoms with E-state index in [1.807, 2.05) is 5.43 Å². The minimum absolute atomic E-state index is 0.0292. The van der Waals surface area contributed by atoms with Gasteiger partial charge in [-0.05, 0) is 59.7 Å². The first-order valence-electron chi connectivity index (χ1n) is 14.0. The van der Waals surface area contributed by atoms with Crippen molar-refractivity contribution in [3.05, 3.63) is 120 Å². The predicted molar refractivity (Wildman–Crippen MR) is 177 cm³/mol. The van der Waals surface area contributed by atoms with Crippen molar-refractivity contribution >= 4 is 49.1 Å². The zero-order chi connectivity index (χ0) is 37.1. The zero-order valence-corrected chi connectivity index (χ0v) is 28.0. The Kier molecular flexibility index (Phi) is 13.0. The van der Waals surface area contributed by atoms with Crippen LogP contribution in [0.3, 0.4) is 0 Å². The van der Waals surface area contributed by atoms with E-state index in [0.717, 1.165) is 22.4 Å². The van der Waals surface area contributed by atoms with E-state index >= 15 is 0 Å². The van der Waals surface area contributed by atoms with Crippen LogP contribution >= 0.6 is 0 Å². The number of aromatic nitrogens is 2. The van der Waals surface area contributed by atoms with Gasteiger partial charge in [-0.25, -0.2) is 22.7 Å². The van der Waals surface area contributed by atoms with E-state index in [0.29, 0.717) is 22.5 Å². The van der Waals surface area contributed by atoms with Crippen molar-refractivity contribution in [2.75, 3.05) is 21.1 Å². The first kappa shape index (κ1) is 38.8. The molecule has 15 nitrogen and oxygen atoms in total. The number of halogens is 3. The highest BCUT2D eigenvalue weighted by molar-refractivity contribution is 7.92. The molecule has 266 valence electrons. The van der Waals surface area contributed by atoms with Gasteiger partial charge in [0.2, 0.25) is 20.0 Å². The van der Waals surface area contributed by atoms with Crippen LogP contribution in [-0.4, -0.2) is 63.2 Å². The fraction of sp³-hybridized carbons (Fsp3) is 0.167. The lowest BCUT2D eigenvalue weighted by Crippen LogP contribution is -2.47. The average Bonchev–Trinajstić information content (AvgIpc) is 3.08. The monoisotopic (exact) mass is 736 g/mol. The predicted octanol–water partition coefficient (Wildman–Crippen LogP) is 2.02. The number of amides is 3. The van der Waals surface area contributed by atoms with Gasteiger partial charge in [-0.15, -0.1) is 0 Å². The maximum atomic E-state index is 12.1. The number of hydrogen-bond donors (Lipinski definition) is 4. The second kappa shape index (κ2) is 16.7. The summed E-state index contributed by atoms with van der Waals surface area (Å²) in [5.74, 6) is 1.39. The van der Waals surface area contributed by atoms with Crippen molar-refractivity contribution in [2.45, 2.75) is 19.3 Å². The number of hydrogen-bond acceptors (Lipinski definition) is 10. The van der Waals surface area contributed by atoms with Crippen LogP contribution in [0.5, 0.6) is 0 Å². The van der Waals surface area contributed by atoms with Gasteiger partial charge in [-0.2, -0.15) is 13.2 Å². The number of pyridine rings is 2. The van der Waals surface area contributed by atoms with Crippen LogP contribution < -0.4 is 30.7 Å². The van der Waals surface area contributed by atoms with Gasteiger partial charge in [-0.1, -0.05) is 24.3 Å². The number of rotatable bonds is 10. The van der Waals surface area contributed by atoms with Crippen molar-refractivity contribution < 1.29 is 44.4 Å². The zero-order valence-electron chi connectivity index (χ0n) is 26.3. The Balaban J connectivity index is 0.000000278. The Hall–Kier alpha value is -5.60. The molecule has 3 amide bonds. The highest BCUT2D eigenvalue weighted by Gasteiger charge is 2.39. The first-order valence-corrected chi connectivity index (χ1v) is 17.7. The number of nitrogens with two attached hydrogens (primary N) is 1. The number of carbonyl (C=O) groups is 3. The fourth-order valence-corrected chi connectivity index (χ4v) is 5.75. The summed E-state index contributed by atoms with van der Waals surface area (Å²) in [4.78, 5) is 41.7. The average molecular weight is 737 g/mol. The standard InChI is InChI=1S/C16H15F3N4O4S.C14H16N4O3S/c1-28(26,27)23(13-3-2-8-20-9-13)10-11-4-6-12(7-5-11)14(24)21-22-15(25)16(17,18)19;1-22(20,21)18(13-3-2-8-16-9-13)10-11-4-6-12(7-5-11)14(19)17-15/h2-9H,10H2,1H3,(H,21,24)(H,22,25);2-9H,10,15H2,1H3,(H,17,19). The third-order valence-corrected chi connectivity index (χ3v) is 8.71. The Morgan fingerprint density at radius 1 is 0.680 bits per heavy atom. The summed E-state index contributed by atoms with van der Waals surface area (Å²) in [5, 5.41) is 0. The Bertz CT molecular complexity index is 1990. The van der Waals surface area contributed by atoms with E-state index in [9.17, 15) is 44.4 Å². The molecule has 4 rings (SSSR count). The van der Waals surface area contributed by atoms with Crippen LogP contribution in [0.4, 0.5) is 24.5 Å². The Labute approximate surface area is 285 Å². The minimum Gasteiger partial charge on any atom is -0.290 e. The summed E-state index contributed by atoms with van der Waals surface area (Å²) in [6, 6.07) is 18.5. The van der Waals surface area contributed by atoms with Gasteiger partial charge < -0.3 is 0 Å². The van der Waals surface area contributed by atoms with Gasteiger partial charge in [0.15, 0.2) is 0 Å². The lowest BCUT2D eigenvalue weighted by molar-refractivity contribution is -0.174. The molecular weight excluding hydrogens is 706 g/mol. The molecule has 5 N–H and O–H groups in total. The molecule has 2 aromatic heterocycles. The summed E-state index contributed by atoms with van der Waals surface area (Å²) in [6.07, 6.45) is 2.97. The molecule has 0 spiro atoms. The number of benzene rings is 2. The lowest BCUT2D eigenvalue weighted by atomic mass is 10.1. The molecule has 2 aromatic carbocycles. The van der Waals surface area contributed by atoms with Crippen molar-refractivity contribution in [3.8, 4) is 0 Å². The molecule has 50 heavy (non-hydrogen) atoms. The number of sulfonamides is 2. The van der Waals surface area contributed by atoms with Crippen molar-refractivity contribution in [1.29, 1.82) is 0 Å². The van der Waals surface area contributed by atoms with Crippen LogP contribution in [-0.2, 0) is 37.9 Å². The van der Waals surface area contributed by atoms with E-state index in [4.69, 9.17) is 5.84 Å². The van der Waals surface area contributed by atoms with Crippen LogP contribution in [0, 0.1) is 0 Å². The third-order valence-electron chi connectivity index (χ3n) is 6.43. The SMILES string of the molecule is CS(=O)(=O)N(Cc1ccc(C(=O)NN)cc1)c1cccnc1.CS(=O)(=O)N(Cc1ccc(C(=O)NNC(=O)C(F)(F)F)cc1)c1cccnc1. The molecule has 0 aliphatic heterocycles. The van der Waals surface area contributed by atoms with E-state index in [2.05, 4.69) is 9.97 Å². The molecular formula is C30H31F3N8O7S2. The summed E-state index contributed by atoms with van der Waals surface area (Å²) in [5.41, 5.74) is 7.39. The highest BCUT2D eigenvalue weighted by atomic mass is 32.2. The largest absolute Gasteiger partial charge is 0.472 e. The molecule has 4 aromatic rings. The number of anilines is 2. The van der Waals surface area contributed by atoms with Crippen molar-refractivity contribution in [1.82, 2.24) is 26.2 Å². The second-order valence-electron chi connectivity index (χ2n) is 10.2. The highest BCUT2D eigenvalue weighted by Crippen LogP contribution is 2.21. The smallest absolute Gasteiger partial charge is 0.290 e. The van der Waals surface area contributed by atoms with Gasteiger partial charge in [0.25, 0.3) is 11.8 Å². The number of nitrogens with zero attached hydrogens (tertiary/aromatic N) is 4. The normalized spacial score (nSPS) is 11.3. The molecule has 0 unspecified atom stereocenters. The number of alkyl halides is 3. The van der Waals surface area contributed by atoms with Crippen molar-refractivity contribution in [2.24, 2.45) is 5.84 Å². The fourth-order valence-electron chi connectivity index (χ4n) is 4.00. The van der Waals surface area contributed by atoms with E-state index in [1.54, 1.807) is 60.2 Å². The summed E-state index contributed by atoms with van der Waals surface area (Å²) in [7, 11) is -7.07. The number of nitrogen functional groups attached to an aromatic ring is 1. The lowest BCUT2D eigenvalue weighted by Gasteiger charge is -2.22. The molecule has 2 heterocycles. The molecule has 0 fully saturated rings. The Morgan fingerprint density at radius 2 is 1.08 bits per heavy atom. The number of hydrazine groups is 2. The third kappa shape index (κ3) is 11.5. The molecule has 0 aliphatic carbocycles. The number of nitrogens with one attached hydrogen (secondary N) is 3. The molecule has 0 saturated heterocycles. The molecule has 0 aliphatic rings. The van der Waals surface area contributed by atoms with E-state index < -0.39 is 43.9 Å². The van der Waals surface area contributed by atoms with Gasteiger partial charge in [0.05, 0.1) is 49.4 Å². The van der Waals surface area contributed by atoms with Crippen LogP contribution in [0.15, 0.2) is 97.6 Å². The molecule has 0 atom stereocenters. The minimum atomic E-state index is -5.13. The topological polar surface area (TPSA) is 214 Å². The summed E-state index contributed by atoms with van der Waals surface area (Å²) < 4.78 is 86.7. The maximum Gasteiger partial charge on any atom is 0.472 e. The van der Waals surface area contributed by atoms with Gasteiger partial charge in [-0.3, -0.25) is 49.2 Å². The van der Waals surface area contributed by atoms with Crippen LogP contribution in [0.1, 0.15) is 31.8 Å². The Morgan fingerprint density at radius 3 is 1.40 bits per heavy atom. The van der Waals surface area contributed by atoms with Gasteiger partial charge >= 0.3 is 12.1 Å². The summed E-state index contributed by atoms with van der Waals surface area (Å²) in [6.45, 7) is 0.103. The molecule has 0 bridgehead atoms. The number of carbonyl (C=O) groups excluding carboxylic acids is 3. The van der Waals surface area contributed by atoms with Gasteiger partial charge in [0, 0.05) is 23.5 Å².